The molecule has 118 valence electrons. The third kappa shape index (κ3) is 5.98. The minimum atomic E-state index is 0.00819. The number of amides is 1. The Hall–Kier alpha value is -1.20. The molecule has 0 saturated carbocycles. The molecule has 0 bridgehead atoms. The molecule has 7 heteroatoms. The summed E-state index contributed by atoms with van der Waals surface area (Å²) in [7, 11) is 0. The molecule has 5 nitrogen and oxygen atoms in total. The normalized spacial score (nSPS) is 11.9. The lowest BCUT2D eigenvalue weighted by Crippen LogP contribution is -2.33. The van der Waals surface area contributed by atoms with Gasteiger partial charge in [0.25, 0.3) is 0 Å². The van der Waals surface area contributed by atoms with Crippen molar-refractivity contribution in [1.29, 1.82) is 0 Å². The van der Waals surface area contributed by atoms with Crippen molar-refractivity contribution in [3.63, 3.8) is 0 Å². The van der Waals surface area contributed by atoms with Gasteiger partial charge in [-0.05, 0) is 26.3 Å². The lowest BCUT2D eigenvalue weighted by molar-refractivity contribution is -0.121. The highest BCUT2D eigenvalue weighted by Gasteiger charge is 2.10. The molecule has 1 aromatic heterocycles. The fourth-order valence-electron chi connectivity index (χ4n) is 1.63. The van der Waals surface area contributed by atoms with E-state index in [1.54, 1.807) is 6.07 Å². The zero-order valence-electron chi connectivity index (χ0n) is 12.6. The van der Waals surface area contributed by atoms with Crippen molar-refractivity contribution in [3.8, 4) is 0 Å². The van der Waals surface area contributed by atoms with E-state index in [0.717, 1.165) is 6.42 Å². The minimum Gasteiger partial charge on any atom is -0.369 e. The predicted molar refractivity (Wildman–Crippen MR) is 89.4 cm³/mol. The summed E-state index contributed by atoms with van der Waals surface area (Å²) in [6.07, 6.45) is 1.28. The third-order valence-electron chi connectivity index (χ3n) is 2.94. The standard InChI is InChI=1S/C14H22Cl2N4O/c1-4-9(3)19-12(21)6-7-18-14-11(16)8-10(15)13(20-14)17-5-2/h8-9H,4-7H2,1-3H3,(H,19,21)(H2,17,18,20). The molecule has 1 atom stereocenters. The Morgan fingerprint density at radius 1 is 1.24 bits per heavy atom. The zero-order chi connectivity index (χ0) is 15.8. The number of pyridine rings is 1. The van der Waals surface area contributed by atoms with Gasteiger partial charge in [0.2, 0.25) is 5.91 Å². The summed E-state index contributed by atoms with van der Waals surface area (Å²) < 4.78 is 0. The zero-order valence-corrected chi connectivity index (χ0v) is 14.1. The van der Waals surface area contributed by atoms with Crippen LogP contribution < -0.4 is 16.0 Å². The first-order chi connectivity index (χ1) is 9.97. The molecular formula is C14H22Cl2N4O. The molecule has 0 radical (unpaired) electrons. The van der Waals surface area contributed by atoms with E-state index in [-0.39, 0.29) is 11.9 Å². The SMILES string of the molecule is CCNc1nc(NCCC(=O)NC(C)CC)c(Cl)cc1Cl. The Morgan fingerprint density at radius 2 is 1.86 bits per heavy atom. The molecule has 0 saturated heterocycles. The molecule has 0 aliphatic rings. The van der Waals surface area contributed by atoms with Crippen LogP contribution in [-0.2, 0) is 4.79 Å². The molecule has 1 amide bonds. The third-order valence-corrected chi connectivity index (χ3v) is 3.51. The molecule has 0 aliphatic carbocycles. The molecule has 0 fully saturated rings. The van der Waals surface area contributed by atoms with Crippen molar-refractivity contribution in [2.75, 3.05) is 23.7 Å². The maximum absolute atomic E-state index is 11.7. The van der Waals surface area contributed by atoms with Gasteiger partial charge in [0.05, 0.1) is 10.0 Å². The molecule has 0 aliphatic heterocycles. The molecule has 0 spiro atoms. The summed E-state index contributed by atoms with van der Waals surface area (Å²) in [6.45, 7) is 7.14. The van der Waals surface area contributed by atoms with Crippen LogP contribution in [0.3, 0.4) is 0 Å². The highest BCUT2D eigenvalue weighted by atomic mass is 35.5. The molecular weight excluding hydrogens is 311 g/mol. The lowest BCUT2D eigenvalue weighted by Gasteiger charge is -2.13. The van der Waals surface area contributed by atoms with Crippen molar-refractivity contribution >= 4 is 40.7 Å². The van der Waals surface area contributed by atoms with E-state index < -0.39 is 0 Å². The van der Waals surface area contributed by atoms with Gasteiger partial charge in [0, 0.05) is 25.6 Å². The van der Waals surface area contributed by atoms with Crippen molar-refractivity contribution in [3.05, 3.63) is 16.1 Å². The number of hydrogen-bond donors (Lipinski definition) is 3. The Kier molecular flexibility index (Phi) is 7.61. The first-order valence-electron chi connectivity index (χ1n) is 7.11. The van der Waals surface area contributed by atoms with Crippen LogP contribution in [0.1, 0.15) is 33.6 Å². The fraction of sp³-hybridized carbons (Fsp3) is 0.571. The molecule has 21 heavy (non-hydrogen) atoms. The summed E-state index contributed by atoms with van der Waals surface area (Å²) in [5.41, 5.74) is 0. The van der Waals surface area contributed by atoms with Crippen molar-refractivity contribution in [2.45, 2.75) is 39.7 Å². The first kappa shape index (κ1) is 17.9. The average Bonchev–Trinajstić information content (AvgIpc) is 2.43. The van der Waals surface area contributed by atoms with E-state index in [1.165, 1.54) is 0 Å². The van der Waals surface area contributed by atoms with Gasteiger partial charge in [-0.15, -0.1) is 0 Å². The number of halogens is 2. The number of hydrogen-bond acceptors (Lipinski definition) is 4. The Labute approximate surface area is 135 Å². The number of nitrogens with zero attached hydrogens (tertiary/aromatic N) is 1. The Morgan fingerprint density at radius 3 is 2.43 bits per heavy atom. The maximum atomic E-state index is 11.7. The quantitative estimate of drug-likeness (QED) is 0.681. The van der Waals surface area contributed by atoms with E-state index in [9.17, 15) is 4.79 Å². The first-order valence-corrected chi connectivity index (χ1v) is 7.86. The van der Waals surface area contributed by atoms with E-state index >= 15 is 0 Å². The smallest absolute Gasteiger partial charge is 0.221 e. The van der Waals surface area contributed by atoms with Crippen LogP contribution in [-0.4, -0.2) is 30.0 Å². The second-order valence-corrected chi connectivity index (χ2v) is 5.55. The molecule has 3 N–H and O–H groups in total. The second-order valence-electron chi connectivity index (χ2n) is 4.73. The van der Waals surface area contributed by atoms with Crippen LogP contribution in [0.25, 0.3) is 0 Å². The number of carbonyl (C=O) groups excluding carboxylic acids is 1. The Bertz CT molecular complexity index is 482. The van der Waals surface area contributed by atoms with Gasteiger partial charge in [-0.1, -0.05) is 30.1 Å². The van der Waals surface area contributed by atoms with Gasteiger partial charge in [-0.3, -0.25) is 4.79 Å². The van der Waals surface area contributed by atoms with Crippen LogP contribution in [0.15, 0.2) is 6.07 Å². The number of anilines is 2. The topological polar surface area (TPSA) is 66.0 Å². The Balaban J connectivity index is 2.55. The van der Waals surface area contributed by atoms with Crippen LogP contribution >= 0.6 is 23.2 Å². The second kappa shape index (κ2) is 8.95. The van der Waals surface area contributed by atoms with E-state index in [4.69, 9.17) is 23.2 Å². The number of aromatic nitrogens is 1. The van der Waals surface area contributed by atoms with Crippen molar-refractivity contribution in [2.24, 2.45) is 0 Å². The van der Waals surface area contributed by atoms with Gasteiger partial charge < -0.3 is 16.0 Å². The van der Waals surface area contributed by atoms with Crippen molar-refractivity contribution < 1.29 is 4.79 Å². The van der Waals surface area contributed by atoms with E-state index in [1.807, 2.05) is 20.8 Å². The van der Waals surface area contributed by atoms with E-state index in [2.05, 4.69) is 20.9 Å². The highest BCUT2D eigenvalue weighted by molar-refractivity contribution is 6.37. The van der Waals surface area contributed by atoms with Crippen LogP contribution in [0.4, 0.5) is 11.6 Å². The summed E-state index contributed by atoms with van der Waals surface area (Å²) in [6, 6.07) is 1.82. The number of carbonyl (C=O) groups is 1. The van der Waals surface area contributed by atoms with Gasteiger partial charge >= 0.3 is 0 Å². The summed E-state index contributed by atoms with van der Waals surface area (Å²) in [4.78, 5) is 16.0. The average molecular weight is 333 g/mol. The van der Waals surface area contributed by atoms with Gasteiger partial charge in [0.15, 0.2) is 0 Å². The summed E-state index contributed by atoms with van der Waals surface area (Å²) in [5.74, 6) is 1.11. The van der Waals surface area contributed by atoms with Gasteiger partial charge in [-0.25, -0.2) is 4.98 Å². The summed E-state index contributed by atoms with van der Waals surface area (Å²) >= 11 is 12.1. The lowest BCUT2D eigenvalue weighted by atomic mass is 10.2. The van der Waals surface area contributed by atoms with Crippen LogP contribution in [0.5, 0.6) is 0 Å². The minimum absolute atomic E-state index is 0.00819. The predicted octanol–water partition coefficient (Wildman–Crippen LogP) is 3.54. The number of rotatable bonds is 8. The molecule has 1 aromatic rings. The molecule has 0 aromatic carbocycles. The largest absolute Gasteiger partial charge is 0.369 e. The molecule has 1 heterocycles. The van der Waals surface area contributed by atoms with Crippen LogP contribution in [0, 0.1) is 0 Å². The van der Waals surface area contributed by atoms with E-state index in [0.29, 0.717) is 41.2 Å². The monoisotopic (exact) mass is 332 g/mol. The van der Waals surface area contributed by atoms with Crippen molar-refractivity contribution in [1.82, 2.24) is 10.3 Å². The highest BCUT2D eigenvalue weighted by Crippen LogP contribution is 2.28. The summed E-state index contributed by atoms with van der Waals surface area (Å²) in [5, 5.41) is 9.93. The maximum Gasteiger partial charge on any atom is 0.221 e. The fourth-order valence-corrected chi connectivity index (χ4v) is 2.12. The number of nitrogens with one attached hydrogen (secondary N) is 3. The molecule has 1 rings (SSSR count). The van der Waals surface area contributed by atoms with Gasteiger partial charge in [0.1, 0.15) is 11.6 Å². The van der Waals surface area contributed by atoms with Gasteiger partial charge in [-0.2, -0.15) is 0 Å². The van der Waals surface area contributed by atoms with Crippen LogP contribution in [0.2, 0.25) is 10.0 Å². The molecule has 1 unspecified atom stereocenters.